The van der Waals surface area contributed by atoms with Crippen LogP contribution in [-0.2, 0) is 22.6 Å². The van der Waals surface area contributed by atoms with E-state index in [1.54, 1.807) is 0 Å². The molecule has 0 spiro atoms. The van der Waals surface area contributed by atoms with Gasteiger partial charge in [-0.3, -0.25) is 9.59 Å². The normalized spacial score (nSPS) is 10.7. The summed E-state index contributed by atoms with van der Waals surface area (Å²) >= 11 is 1.50. The number of hydrogen-bond donors (Lipinski definition) is 2. The minimum Gasteiger partial charge on any atom is -0.350 e. The summed E-state index contributed by atoms with van der Waals surface area (Å²) in [5, 5.41) is 6.19. The topological polar surface area (TPSA) is 71.1 Å². The Morgan fingerprint density at radius 2 is 1.53 bits per heavy atom. The number of amides is 2. The Morgan fingerprint density at radius 3 is 2.30 bits per heavy atom. The second-order valence-electron chi connectivity index (χ2n) is 6.87. The zero-order valence-corrected chi connectivity index (χ0v) is 17.1. The maximum atomic E-state index is 12.2. The number of nitrogens with one attached hydrogen (secondary N) is 2. The van der Waals surface area contributed by atoms with Gasteiger partial charge in [0.05, 0.1) is 23.2 Å². The Kier molecular flexibility index (Phi) is 6.15. The monoisotopic (exact) mass is 415 g/mol. The molecule has 0 atom stereocenters. The van der Waals surface area contributed by atoms with Crippen molar-refractivity contribution in [1.82, 2.24) is 15.6 Å². The lowest BCUT2D eigenvalue weighted by atomic mass is 10.1. The standard InChI is InChI=1S/C24H21N3O2S/c28-22(26-16-23(29)25-15-17-7-3-1-4-8-17)14-24-27-20-12-11-19(13-21(20)30-24)18-9-5-2-6-10-18/h1-13H,14-16H2,(H,25,29)(H,26,28). The first-order chi connectivity index (χ1) is 14.7. The fourth-order valence-electron chi connectivity index (χ4n) is 3.10. The molecular formula is C24H21N3O2S. The molecule has 4 rings (SSSR count). The summed E-state index contributed by atoms with van der Waals surface area (Å²) < 4.78 is 1.04. The van der Waals surface area contributed by atoms with Crippen LogP contribution >= 0.6 is 11.3 Å². The lowest BCUT2D eigenvalue weighted by molar-refractivity contribution is -0.125. The second-order valence-corrected chi connectivity index (χ2v) is 7.99. The number of fused-ring (bicyclic) bond motifs is 1. The van der Waals surface area contributed by atoms with Crippen molar-refractivity contribution in [2.24, 2.45) is 0 Å². The van der Waals surface area contributed by atoms with E-state index in [4.69, 9.17) is 0 Å². The number of carbonyl (C=O) groups is 2. The quantitative estimate of drug-likeness (QED) is 0.480. The van der Waals surface area contributed by atoms with E-state index in [0.29, 0.717) is 6.54 Å². The van der Waals surface area contributed by atoms with Crippen LogP contribution in [0, 0.1) is 0 Å². The van der Waals surface area contributed by atoms with E-state index in [9.17, 15) is 9.59 Å². The molecule has 5 nitrogen and oxygen atoms in total. The third-order valence-corrected chi connectivity index (χ3v) is 5.65. The van der Waals surface area contributed by atoms with Gasteiger partial charge in [0.15, 0.2) is 0 Å². The molecule has 3 aromatic carbocycles. The first-order valence-corrected chi connectivity index (χ1v) is 10.5. The van der Waals surface area contributed by atoms with Crippen LogP contribution in [0.1, 0.15) is 10.6 Å². The molecule has 150 valence electrons. The molecular weight excluding hydrogens is 394 g/mol. The highest BCUT2D eigenvalue weighted by atomic mass is 32.1. The number of rotatable bonds is 7. The molecule has 0 unspecified atom stereocenters. The third kappa shape index (κ3) is 5.10. The van der Waals surface area contributed by atoms with Gasteiger partial charge >= 0.3 is 0 Å². The van der Waals surface area contributed by atoms with E-state index in [-0.39, 0.29) is 24.8 Å². The lowest BCUT2D eigenvalue weighted by Crippen LogP contribution is -2.37. The van der Waals surface area contributed by atoms with Gasteiger partial charge in [0.2, 0.25) is 11.8 Å². The number of hydrogen-bond acceptors (Lipinski definition) is 4. The SMILES string of the molecule is O=C(CNC(=O)Cc1nc2ccc(-c3ccccc3)cc2s1)NCc1ccccc1. The first-order valence-electron chi connectivity index (χ1n) is 9.69. The molecule has 1 heterocycles. The van der Waals surface area contributed by atoms with Crippen molar-refractivity contribution < 1.29 is 9.59 Å². The van der Waals surface area contributed by atoms with E-state index >= 15 is 0 Å². The van der Waals surface area contributed by atoms with E-state index in [2.05, 4.69) is 33.8 Å². The van der Waals surface area contributed by atoms with Crippen molar-refractivity contribution in [2.45, 2.75) is 13.0 Å². The van der Waals surface area contributed by atoms with Gasteiger partial charge in [-0.05, 0) is 28.8 Å². The number of nitrogens with zero attached hydrogens (tertiary/aromatic N) is 1. The van der Waals surface area contributed by atoms with Crippen LogP contribution in [0.2, 0.25) is 0 Å². The van der Waals surface area contributed by atoms with Gasteiger partial charge in [0.25, 0.3) is 0 Å². The first kappa shape index (κ1) is 19.8. The van der Waals surface area contributed by atoms with Crippen LogP contribution in [0.3, 0.4) is 0 Å². The molecule has 0 saturated carbocycles. The molecule has 2 amide bonds. The highest BCUT2D eigenvalue weighted by Gasteiger charge is 2.11. The molecule has 0 bridgehead atoms. The van der Waals surface area contributed by atoms with Crippen molar-refractivity contribution in [3.63, 3.8) is 0 Å². The minimum atomic E-state index is -0.219. The summed E-state index contributed by atoms with van der Waals surface area (Å²) in [6.07, 6.45) is 0.159. The van der Waals surface area contributed by atoms with Gasteiger partial charge in [-0.25, -0.2) is 4.98 Å². The van der Waals surface area contributed by atoms with Crippen LogP contribution < -0.4 is 10.6 Å². The summed E-state index contributed by atoms with van der Waals surface area (Å²) in [6, 6.07) is 25.9. The minimum absolute atomic E-state index is 0.0469. The lowest BCUT2D eigenvalue weighted by Gasteiger charge is -2.06. The molecule has 0 radical (unpaired) electrons. The van der Waals surface area contributed by atoms with Gasteiger partial charge in [-0.15, -0.1) is 11.3 Å². The summed E-state index contributed by atoms with van der Waals surface area (Å²) in [5.41, 5.74) is 4.16. The molecule has 0 fully saturated rings. The van der Waals surface area contributed by atoms with E-state index in [0.717, 1.165) is 31.9 Å². The average Bonchev–Trinajstić information content (AvgIpc) is 3.19. The fourth-order valence-corrected chi connectivity index (χ4v) is 4.10. The Hall–Kier alpha value is -3.51. The largest absolute Gasteiger partial charge is 0.350 e. The van der Waals surface area contributed by atoms with Gasteiger partial charge in [-0.1, -0.05) is 66.7 Å². The van der Waals surface area contributed by atoms with E-state index < -0.39 is 0 Å². The second kappa shape index (κ2) is 9.33. The number of aromatic nitrogens is 1. The summed E-state index contributed by atoms with van der Waals surface area (Å²) in [5.74, 6) is -0.434. The predicted octanol–water partition coefficient (Wildman–Crippen LogP) is 3.94. The van der Waals surface area contributed by atoms with Crippen molar-refractivity contribution >= 4 is 33.4 Å². The van der Waals surface area contributed by atoms with Crippen molar-refractivity contribution in [3.8, 4) is 11.1 Å². The summed E-state index contributed by atoms with van der Waals surface area (Å²) in [4.78, 5) is 28.7. The van der Waals surface area contributed by atoms with Gasteiger partial charge in [-0.2, -0.15) is 0 Å². The molecule has 6 heteroatoms. The van der Waals surface area contributed by atoms with Gasteiger partial charge in [0.1, 0.15) is 5.01 Å². The molecule has 2 N–H and O–H groups in total. The molecule has 4 aromatic rings. The van der Waals surface area contributed by atoms with Gasteiger partial charge in [0, 0.05) is 6.54 Å². The van der Waals surface area contributed by atoms with Crippen molar-refractivity contribution in [3.05, 3.63) is 89.4 Å². The Labute approximate surface area is 178 Å². The van der Waals surface area contributed by atoms with Crippen LogP contribution in [0.25, 0.3) is 21.3 Å². The molecule has 0 aliphatic carbocycles. The van der Waals surface area contributed by atoms with Crippen LogP contribution in [0.5, 0.6) is 0 Å². The maximum absolute atomic E-state index is 12.2. The highest BCUT2D eigenvalue weighted by Crippen LogP contribution is 2.28. The number of benzene rings is 3. The number of carbonyl (C=O) groups excluding carboxylic acids is 2. The van der Waals surface area contributed by atoms with Crippen molar-refractivity contribution in [1.29, 1.82) is 0 Å². The van der Waals surface area contributed by atoms with E-state index in [1.165, 1.54) is 11.3 Å². The molecule has 30 heavy (non-hydrogen) atoms. The molecule has 0 saturated heterocycles. The van der Waals surface area contributed by atoms with Crippen molar-refractivity contribution in [2.75, 3.05) is 6.54 Å². The average molecular weight is 416 g/mol. The molecule has 0 aliphatic rings. The Balaban J connectivity index is 1.31. The Bertz CT molecular complexity index is 1160. The molecule has 0 aliphatic heterocycles. The highest BCUT2D eigenvalue weighted by molar-refractivity contribution is 7.18. The predicted molar refractivity (Wildman–Crippen MR) is 120 cm³/mol. The number of thiazole rings is 1. The maximum Gasteiger partial charge on any atom is 0.239 e. The van der Waals surface area contributed by atoms with Crippen LogP contribution in [0.4, 0.5) is 0 Å². The summed E-state index contributed by atoms with van der Waals surface area (Å²) in [6.45, 7) is 0.395. The Morgan fingerprint density at radius 1 is 0.800 bits per heavy atom. The van der Waals surface area contributed by atoms with Gasteiger partial charge < -0.3 is 10.6 Å². The van der Waals surface area contributed by atoms with Crippen LogP contribution in [-0.4, -0.2) is 23.3 Å². The molecule has 1 aromatic heterocycles. The van der Waals surface area contributed by atoms with E-state index in [1.807, 2.05) is 60.7 Å². The zero-order valence-electron chi connectivity index (χ0n) is 16.3. The van der Waals surface area contributed by atoms with Crippen LogP contribution in [0.15, 0.2) is 78.9 Å². The fraction of sp³-hybridized carbons (Fsp3) is 0.125. The summed E-state index contributed by atoms with van der Waals surface area (Å²) in [7, 11) is 0. The zero-order chi connectivity index (χ0) is 20.8. The smallest absolute Gasteiger partial charge is 0.239 e. The third-order valence-electron chi connectivity index (χ3n) is 4.63.